The maximum absolute atomic E-state index is 8.58. The predicted molar refractivity (Wildman–Crippen MR) is 113 cm³/mol. The number of hydrogen-bond acceptors (Lipinski definition) is 5. The molecular weight excluding hydrogens is 338 g/mol. The quantitative estimate of drug-likeness (QED) is 0.274. The molecule has 0 radical (unpaired) electrons. The van der Waals surface area contributed by atoms with E-state index in [-0.39, 0.29) is 6.41 Å². The molecule has 1 heterocycles. The highest BCUT2D eigenvalue weighted by atomic mass is 16.1. The number of hydrogen-bond donors (Lipinski definition) is 4. The molecule has 3 rings (SSSR count). The Morgan fingerprint density at radius 2 is 1.74 bits per heavy atom. The number of aromatic nitrogens is 1. The first-order valence-corrected chi connectivity index (χ1v) is 9.26. The van der Waals surface area contributed by atoms with Gasteiger partial charge in [-0.05, 0) is 43.1 Å². The molecular formula is C21H29N5O. The molecule has 6 N–H and O–H groups in total. The smallest absolute Gasteiger partial charge is 0.204 e. The molecule has 0 aliphatic heterocycles. The highest BCUT2D eigenvalue weighted by Gasteiger charge is 2.05. The lowest BCUT2D eigenvalue weighted by Gasteiger charge is -2.10. The van der Waals surface area contributed by atoms with Crippen LogP contribution in [0, 0.1) is 6.92 Å². The maximum Gasteiger partial charge on any atom is 0.204 e. The fourth-order valence-corrected chi connectivity index (χ4v) is 3.06. The number of nitrogens with one attached hydrogen (secondary N) is 2. The molecule has 2 aromatic carbocycles. The zero-order valence-electron chi connectivity index (χ0n) is 15.9. The number of benzene rings is 2. The minimum absolute atomic E-state index is 0.250. The Morgan fingerprint density at radius 3 is 2.48 bits per heavy atom. The van der Waals surface area contributed by atoms with Gasteiger partial charge in [0.1, 0.15) is 0 Å². The number of pyridine rings is 1. The second-order valence-electron chi connectivity index (χ2n) is 6.29. The van der Waals surface area contributed by atoms with Crippen LogP contribution in [-0.2, 0) is 11.2 Å². The van der Waals surface area contributed by atoms with Gasteiger partial charge in [0, 0.05) is 37.0 Å². The van der Waals surface area contributed by atoms with Gasteiger partial charge in [-0.25, -0.2) is 4.98 Å². The molecule has 27 heavy (non-hydrogen) atoms. The van der Waals surface area contributed by atoms with Crippen molar-refractivity contribution in [3.05, 3.63) is 53.6 Å². The van der Waals surface area contributed by atoms with Crippen LogP contribution in [0.15, 0.2) is 42.5 Å². The van der Waals surface area contributed by atoms with Crippen molar-refractivity contribution in [2.45, 2.75) is 13.3 Å². The van der Waals surface area contributed by atoms with Crippen LogP contribution >= 0.6 is 0 Å². The van der Waals surface area contributed by atoms with Gasteiger partial charge in [-0.15, -0.1) is 0 Å². The standard InChI is InChI=1S/C20H26N4.CH3NO/c1-15-4-2-6-17-14-18-16(5-3-7-19(18)24-20(15)17)8-10-22-12-13-23-11-9-21;2-1-3/h2-7,14,22-23H,8-13,21H2,1H3;1H,(H2,2,3). The highest BCUT2D eigenvalue weighted by Crippen LogP contribution is 2.24. The van der Waals surface area contributed by atoms with Crippen molar-refractivity contribution in [3.8, 4) is 0 Å². The number of rotatable bonds is 8. The van der Waals surface area contributed by atoms with Crippen molar-refractivity contribution in [3.63, 3.8) is 0 Å². The average Bonchev–Trinajstić information content (AvgIpc) is 2.67. The number of fused-ring (bicyclic) bond motifs is 2. The zero-order chi connectivity index (χ0) is 19.5. The molecule has 0 saturated heterocycles. The van der Waals surface area contributed by atoms with E-state index in [9.17, 15) is 0 Å². The molecule has 0 atom stereocenters. The summed E-state index contributed by atoms with van der Waals surface area (Å²) in [6.45, 7) is 6.58. The summed E-state index contributed by atoms with van der Waals surface area (Å²) >= 11 is 0. The number of nitrogens with two attached hydrogens (primary N) is 2. The van der Waals surface area contributed by atoms with Gasteiger partial charge in [-0.1, -0.05) is 30.3 Å². The minimum Gasteiger partial charge on any atom is -0.372 e. The number of carbonyl (C=O) groups excluding carboxylic acids is 1. The molecule has 0 aliphatic rings. The first-order valence-electron chi connectivity index (χ1n) is 9.26. The lowest BCUT2D eigenvalue weighted by Crippen LogP contribution is -2.31. The Balaban J connectivity index is 0.000000817. The second kappa shape index (κ2) is 11.2. The largest absolute Gasteiger partial charge is 0.372 e. The SMILES string of the molecule is Cc1cccc2cc3c(CCNCCNCCN)cccc3nc12.NC=O. The van der Waals surface area contributed by atoms with Gasteiger partial charge in [0.15, 0.2) is 0 Å². The molecule has 0 spiro atoms. The number of aryl methyl sites for hydroxylation is 1. The van der Waals surface area contributed by atoms with Gasteiger partial charge < -0.3 is 22.1 Å². The van der Waals surface area contributed by atoms with E-state index in [1.165, 1.54) is 21.9 Å². The third-order valence-electron chi connectivity index (χ3n) is 4.35. The number of carbonyl (C=O) groups is 1. The summed E-state index contributed by atoms with van der Waals surface area (Å²) in [5.41, 5.74) is 14.4. The van der Waals surface area contributed by atoms with E-state index in [4.69, 9.17) is 15.5 Å². The van der Waals surface area contributed by atoms with E-state index in [2.05, 4.69) is 65.8 Å². The van der Waals surface area contributed by atoms with Gasteiger partial charge in [-0.3, -0.25) is 4.79 Å². The van der Waals surface area contributed by atoms with Crippen LogP contribution in [0.25, 0.3) is 21.8 Å². The molecule has 0 aliphatic carbocycles. The van der Waals surface area contributed by atoms with Crippen LogP contribution in [-0.4, -0.2) is 44.1 Å². The summed E-state index contributed by atoms with van der Waals surface area (Å²) < 4.78 is 0. The second-order valence-corrected chi connectivity index (χ2v) is 6.29. The Bertz CT molecular complexity index is 866. The fourth-order valence-electron chi connectivity index (χ4n) is 3.06. The third-order valence-corrected chi connectivity index (χ3v) is 4.35. The van der Waals surface area contributed by atoms with E-state index in [1.54, 1.807) is 0 Å². The first-order chi connectivity index (χ1) is 13.2. The summed E-state index contributed by atoms with van der Waals surface area (Å²) in [6, 6.07) is 15.1. The van der Waals surface area contributed by atoms with Crippen LogP contribution < -0.4 is 22.1 Å². The van der Waals surface area contributed by atoms with Crippen LogP contribution in [0.3, 0.4) is 0 Å². The third kappa shape index (κ3) is 5.99. The van der Waals surface area contributed by atoms with Crippen molar-refractivity contribution in [2.24, 2.45) is 11.5 Å². The normalized spacial score (nSPS) is 10.6. The van der Waals surface area contributed by atoms with Gasteiger partial charge >= 0.3 is 0 Å². The number of nitrogens with zero attached hydrogens (tertiary/aromatic N) is 1. The van der Waals surface area contributed by atoms with Crippen molar-refractivity contribution in [1.82, 2.24) is 15.6 Å². The first kappa shape index (κ1) is 20.8. The summed E-state index contributed by atoms with van der Waals surface area (Å²) in [7, 11) is 0. The topological polar surface area (TPSA) is 106 Å². The number of primary amides is 1. The van der Waals surface area contributed by atoms with Crippen LogP contribution in [0.4, 0.5) is 0 Å². The summed E-state index contributed by atoms with van der Waals surface area (Å²) in [6.07, 6.45) is 1.26. The van der Waals surface area contributed by atoms with Crippen molar-refractivity contribution in [1.29, 1.82) is 0 Å². The van der Waals surface area contributed by atoms with Gasteiger partial charge in [0.05, 0.1) is 11.0 Å². The van der Waals surface area contributed by atoms with Crippen LogP contribution in [0.5, 0.6) is 0 Å². The van der Waals surface area contributed by atoms with Crippen molar-refractivity contribution >= 4 is 28.2 Å². The summed E-state index contributed by atoms with van der Waals surface area (Å²) in [5.74, 6) is 0. The lowest BCUT2D eigenvalue weighted by molar-refractivity contribution is -0.106. The summed E-state index contributed by atoms with van der Waals surface area (Å²) in [5, 5.41) is 9.25. The Labute approximate surface area is 160 Å². The average molecular weight is 367 g/mol. The minimum atomic E-state index is 0.250. The Morgan fingerprint density at radius 1 is 1.04 bits per heavy atom. The molecule has 6 nitrogen and oxygen atoms in total. The number of para-hydroxylation sites is 1. The summed E-state index contributed by atoms with van der Waals surface area (Å²) in [4.78, 5) is 13.5. The van der Waals surface area contributed by atoms with Gasteiger partial charge in [0.25, 0.3) is 0 Å². The van der Waals surface area contributed by atoms with Gasteiger partial charge in [0.2, 0.25) is 6.41 Å². The molecule has 0 saturated carbocycles. The van der Waals surface area contributed by atoms with E-state index < -0.39 is 0 Å². The molecule has 3 aromatic rings. The molecule has 0 bridgehead atoms. The van der Waals surface area contributed by atoms with E-state index in [1.807, 2.05) is 0 Å². The van der Waals surface area contributed by atoms with E-state index >= 15 is 0 Å². The number of amides is 1. The van der Waals surface area contributed by atoms with Gasteiger partial charge in [-0.2, -0.15) is 0 Å². The molecule has 6 heteroatoms. The highest BCUT2D eigenvalue weighted by molar-refractivity contribution is 5.95. The Hall–Kier alpha value is -2.54. The Kier molecular flexibility index (Phi) is 8.64. The van der Waals surface area contributed by atoms with Crippen molar-refractivity contribution < 1.29 is 4.79 Å². The molecule has 0 unspecified atom stereocenters. The zero-order valence-corrected chi connectivity index (χ0v) is 15.9. The van der Waals surface area contributed by atoms with Crippen molar-refractivity contribution in [2.75, 3.05) is 32.7 Å². The molecule has 1 aromatic heterocycles. The molecule has 0 fully saturated rings. The predicted octanol–water partition coefficient (Wildman–Crippen LogP) is 1.48. The van der Waals surface area contributed by atoms with E-state index in [0.29, 0.717) is 6.54 Å². The monoisotopic (exact) mass is 367 g/mol. The van der Waals surface area contributed by atoms with Crippen LogP contribution in [0.1, 0.15) is 11.1 Å². The van der Waals surface area contributed by atoms with Crippen LogP contribution in [0.2, 0.25) is 0 Å². The fraction of sp³-hybridized carbons (Fsp3) is 0.333. The molecule has 1 amide bonds. The van der Waals surface area contributed by atoms with E-state index in [0.717, 1.165) is 43.6 Å². The maximum atomic E-state index is 8.58. The molecule has 144 valence electrons. The lowest BCUT2D eigenvalue weighted by atomic mass is 10.0.